The highest BCUT2D eigenvalue weighted by Crippen LogP contribution is 2.29. The maximum atomic E-state index is 11.8. The standard InChI is InChI=1S/C8H13N3O3S/c1-2-8(12)4-11(5-8)15(13,14)7-3-9-6-10-7/h3,6,12H,2,4-5H2,1H3,(H,9,10). The van der Waals surface area contributed by atoms with Crippen LogP contribution in [0.5, 0.6) is 0 Å². The smallest absolute Gasteiger partial charge is 0.260 e. The topological polar surface area (TPSA) is 86.3 Å². The molecule has 0 amide bonds. The zero-order valence-corrected chi connectivity index (χ0v) is 9.16. The summed E-state index contributed by atoms with van der Waals surface area (Å²) in [4.78, 5) is 6.21. The molecule has 15 heavy (non-hydrogen) atoms. The molecule has 2 rings (SSSR count). The lowest BCUT2D eigenvalue weighted by molar-refractivity contribution is -0.0614. The fraction of sp³-hybridized carbons (Fsp3) is 0.625. The number of nitrogens with one attached hydrogen (secondary N) is 1. The minimum atomic E-state index is -3.48. The van der Waals surface area contributed by atoms with Gasteiger partial charge in [0, 0.05) is 13.1 Å². The Labute approximate surface area is 88.0 Å². The molecule has 0 spiro atoms. The number of aromatic amines is 1. The number of aliphatic hydroxyl groups is 1. The van der Waals surface area contributed by atoms with Gasteiger partial charge in [-0.05, 0) is 6.42 Å². The predicted octanol–water partition coefficient (Wildman–Crippen LogP) is -0.445. The molecular weight excluding hydrogens is 218 g/mol. The normalized spacial score (nSPS) is 21.2. The van der Waals surface area contributed by atoms with Gasteiger partial charge in [-0.25, -0.2) is 13.4 Å². The van der Waals surface area contributed by atoms with Gasteiger partial charge in [-0.2, -0.15) is 4.31 Å². The van der Waals surface area contributed by atoms with Crippen LogP contribution in [0.3, 0.4) is 0 Å². The molecule has 2 N–H and O–H groups in total. The van der Waals surface area contributed by atoms with E-state index in [2.05, 4.69) is 9.97 Å². The van der Waals surface area contributed by atoms with Crippen molar-refractivity contribution >= 4 is 10.0 Å². The van der Waals surface area contributed by atoms with Gasteiger partial charge < -0.3 is 10.1 Å². The van der Waals surface area contributed by atoms with Crippen molar-refractivity contribution in [1.29, 1.82) is 0 Å². The predicted molar refractivity (Wildman–Crippen MR) is 52.6 cm³/mol. The maximum Gasteiger partial charge on any atom is 0.260 e. The second-order valence-electron chi connectivity index (χ2n) is 3.77. The summed E-state index contributed by atoms with van der Waals surface area (Å²) in [6.07, 6.45) is 3.14. The lowest BCUT2D eigenvalue weighted by Gasteiger charge is -2.44. The van der Waals surface area contributed by atoms with Gasteiger partial charge in [0.05, 0.1) is 18.1 Å². The Morgan fingerprint density at radius 2 is 2.33 bits per heavy atom. The summed E-state index contributed by atoms with van der Waals surface area (Å²) in [5.74, 6) is 0. The van der Waals surface area contributed by atoms with Gasteiger partial charge >= 0.3 is 0 Å². The van der Waals surface area contributed by atoms with Crippen LogP contribution in [0, 0.1) is 0 Å². The molecule has 1 aliphatic rings. The molecule has 0 saturated carbocycles. The van der Waals surface area contributed by atoms with Crippen LogP contribution in [0.2, 0.25) is 0 Å². The molecule has 2 heterocycles. The van der Waals surface area contributed by atoms with Gasteiger partial charge in [0.1, 0.15) is 0 Å². The molecule has 0 radical (unpaired) electrons. The Bertz CT molecular complexity index is 434. The van der Waals surface area contributed by atoms with Crippen molar-refractivity contribution in [3.8, 4) is 0 Å². The Morgan fingerprint density at radius 3 is 2.80 bits per heavy atom. The summed E-state index contributed by atoms with van der Waals surface area (Å²) in [6.45, 7) is 2.15. The number of β-amino-alcohol motifs (C(OH)–C–C–N with tert-alkyl or cyclic N) is 1. The van der Waals surface area contributed by atoms with E-state index >= 15 is 0 Å². The van der Waals surface area contributed by atoms with E-state index in [0.29, 0.717) is 6.42 Å². The van der Waals surface area contributed by atoms with Gasteiger partial charge in [0.15, 0.2) is 5.03 Å². The molecular formula is C8H13N3O3S. The van der Waals surface area contributed by atoms with Crippen molar-refractivity contribution in [2.75, 3.05) is 13.1 Å². The Morgan fingerprint density at radius 1 is 1.67 bits per heavy atom. The summed E-state index contributed by atoms with van der Waals surface area (Å²) in [5.41, 5.74) is -0.854. The first-order valence-corrected chi connectivity index (χ1v) is 6.13. The van der Waals surface area contributed by atoms with Crippen molar-refractivity contribution in [2.24, 2.45) is 0 Å². The van der Waals surface area contributed by atoms with Gasteiger partial charge in [-0.3, -0.25) is 0 Å². The Kier molecular flexibility index (Phi) is 2.32. The van der Waals surface area contributed by atoms with E-state index in [1.54, 1.807) is 0 Å². The minimum absolute atomic E-state index is 0.0700. The summed E-state index contributed by atoms with van der Waals surface area (Å²) in [7, 11) is -3.48. The van der Waals surface area contributed by atoms with Crippen LogP contribution < -0.4 is 0 Å². The lowest BCUT2D eigenvalue weighted by atomic mass is 9.94. The number of aromatic nitrogens is 2. The highest BCUT2D eigenvalue weighted by Gasteiger charge is 2.46. The number of hydrogen-bond acceptors (Lipinski definition) is 4. The van der Waals surface area contributed by atoms with E-state index in [4.69, 9.17) is 0 Å². The third-order valence-electron chi connectivity index (χ3n) is 2.69. The molecule has 0 bridgehead atoms. The largest absolute Gasteiger partial charge is 0.387 e. The number of hydrogen-bond donors (Lipinski definition) is 2. The van der Waals surface area contributed by atoms with Crippen LogP contribution in [0.25, 0.3) is 0 Å². The SMILES string of the molecule is CCC1(O)CN(S(=O)(=O)c2cnc[nH]2)C1. The zero-order valence-electron chi connectivity index (χ0n) is 8.34. The summed E-state index contributed by atoms with van der Waals surface area (Å²) in [5, 5.41) is 9.79. The second-order valence-corrected chi connectivity index (χ2v) is 5.67. The molecule has 0 aliphatic carbocycles. The first-order chi connectivity index (χ1) is 6.98. The fourth-order valence-electron chi connectivity index (χ4n) is 1.53. The molecule has 7 heteroatoms. The third-order valence-corrected chi connectivity index (χ3v) is 4.41. The molecule has 1 fully saturated rings. The lowest BCUT2D eigenvalue weighted by Crippen LogP contribution is -2.62. The van der Waals surface area contributed by atoms with Gasteiger partial charge in [0.25, 0.3) is 10.0 Å². The minimum Gasteiger partial charge on any atom is -0.387 e. The van der Waals surface area contributed by atoms with Crippen LogP contribution in [0.15, 0.2) is 17.6 Å². The Hall–Kier alpha value is -0.920. The van der Waals surface area contributed by atoms with E-state index in [1.165, 1.54) is 16.8 Å². The van der Waals surface area contributed by atoms with Crippen molar-refractivity contribution < 1.29 is 13.5 Å². The number of rotatable bonds is 3. The highest BCUT2D eigenvalue weighted by atomic mass is 32.2. The first-order valence-electron chi connectivity index (χ1n) is 4.69. The molecule has 0 aromatic carbocycles. The second kappa shape index (κ2) is 3.29. The van der Waals surface area contributed by atoms with E-state index in [9.17, 15) is 13.5 Å². The monoisotopic (exact) mass is 231 g/mol. The number of H-pyrrole nitrogens is 1. The van der Waals surface area contributed by atoms with Gasteiger partial charge in [-0.15, -0.1) is 0 Å². The van der Waals surface area contributed by atoms with Crippen molar-refractivity contribution in [1.82, 2.24) is 14.3 Å². The van der Waals surface area contributed by atoms with Crippen molar-refractivity contribution in [3.63, 3.8) is 0 Å². The first kappa shape index (κ1) is 10.6. The maximum absolute atomic E-state index is 11.8. The van der Waals surface area contributed by atoms with Crippen LogP contribution in [-0.2, 0) is 10.0 Å². The van der Waals surface area contributed by atoms with Crippen LogP contribution in [0.4, 0.5) is 0 Å². The fourth-order valence-corrected chi connectivity index (χ4v) is 3.02. The molecule has 1 saturated heterocycles. The molecule has 0 unspecified atom stereocenters. The average molecular weight is 231 g/mol. The number of imidazole rings is 1. The molecule has 1 aromatic heterocycles. The molecule has 1 aromatic rings. The van der Waals surface area contributed by atoms with E-state index < -0.39 is 15.6 Å². The zero-order chi connectivity index (χ0) is 11.1. The highest BCUT2D eigenvalue weighted by molar-refractivity contribution is 7.89. The van der Waals surface area contributed by atoms with E-state index in [1.807, 2.05) is 6.92 Å². The molecule has 84 valence electrons. The Balaban J connectivity index is 2.15. The summed E-state index contributed by atoms with van der Waals surface area (Å²) in [6, 6.07) is 0. The van der Waals surface area contributed by atoms with Crippen molar-refractivity contribution in [3.05, 3.63) is 12.5 Å². The van der Waals surface area contributed by atoms with Gasteiger partial charge in [-0.1, -0.05) is 6.92 Å². The van der Waals surface area contributed by atoms with Crippen LogP contribution in [-0.4, -0.2) is 46.5 Å². The molecule has 0 atom stereocenters. The third kappa shape index (κ3) is 1.66. The number of sulfonamides is 1. The summed E-state index contributed by atoms with van der Waals surface area (Å²) >= 11 is 0. The molecule has 6 nitrogen and oxygen atoms in total. The number of nitrogens with zero attached hydrogens (tertiary/aromatic N) is 2. The quantitative estimate of drug-likeness (QED) is 0.738. The average Bonchev–Trinajstić information content (AvgIpc) is 2.65. The van der Waals surface area contributed by atoms with Crippen LogP contribution >= 0.6 is 0 Å². The van der Waals surface area contributed by atoms with E-state index in [0.717, 1.165) is 0 Å². The van der Waals surface area contributed by atoms with Crippen molar-refractivity contribution in [2.45, 2.75) is 24.0 Å². The molecule has 1 aliphatic heterocycles. The summed E-state index contributed by atoms with van der Waals surface area (Å²) < 4.78 is 24.9. The van der Waals surface area contributed by atoms with Crippen LogP contribution in [0.1, 0.15) is 13.3 Å². The van der Waals surface area contributed by atoms with Gasteiger partial charge in [0.2, 0.25) is 0 Å². The van der Waals surface area contributed by atoms with E-state index in [-0.39, 0.29) is 18.1 Å².